The summed E-state index contributed by atoms with van der Waals surface area (Å²) in [5, 5.41) is 12.2. The Morgan fingerprint density at radius 3 is 2.87 bits per heavy atom. The van der Waals surface area contributed by atoms with E-state index < -0.39 is 6.09 Å². The predicted octanol–water partition coefficient (Wildman–Crippen LogP) is 2.36. The molecular formula is C9H9BrClNO3. The summed E-state index contributed by atoms with van der Waals surface area (Å²) in [5.41, 5.74) is 0.658. The van der Waals surface area contributed by atoms with Crippen LogP contribution >= 0.6 is 28.3 Å². The highest BCUT2D eigenvalue weighted by molar-refractivity contribution is 9.10. The Labute approximate surface area is 101 Å². The van der Waals surface area contributed by atoms with Crippen molar-refractivity contribution < 1.29 is 14.6 Å². The van der Waals surface area contributed by atoms with Crippen LogP contribution in [0, 0.1) is 0 Å². The fraction of sp³-hybridized carbons (Fsp3) is 0.222. The van der Waals surface area contributed by atoms with Gasteiger partial charge in [-0.15, -0.1) is 12.4 Å². The van der Waals surface area contributed by atoms with Gasteiger partial charge in [0.05, 0.1) is 6.04 Å². The van der Waals surface area contributed by atoms with Gasteiger partial charge in [-0.05, 0) is 18.2 Å². The summed E-state index contributed by atoms with van der Waals surface area (Å²) >= 11 is 3.29. The lowest BCUT2D eigenvalue weighted by atomic mass is 10.1. The SMILES string of the molecule is Cl.O=C1N[C@H](c2cc(Br)ccc2O)CO1. The number of rotatable bonds is 1. The first-order valence-corrected chi connectivity index (χ1v) is 4.88. The predicted molar refractivity (Wildman–Crippen MR) is 60.3 cm³/mol. The second-order valence-electron chi connectivity index (χ2n) is 3.00. The highest BCUT2D eigenvalue weighted by Crippen LogP contribution is 2.29. The molecule has 0 aromatic heterocycles. The molecule has 0 bridgehead atoms. The maximum absolute atomic E-state index is 10.8. The van der Waals surface area contributed by atoms with E-state index in [9.17, 15) is 9.90 Å². The summed E-state index contributed by atoms with van der Waals surface area (Å²) < 4.78 is 5.59. The van der Waals surface area contributed by atoms with Crippen LogP contribution in [0.1, 0.15) is 11.6 Å². The van der Waals surface area contributed by atoms with Crippen molar-refractivity contribution in [1.82, 2.24) is 5.32 Å². The van der Waals surface area contributed by atoms with Gasteiger partial charge < -0.3 is 15.2 Å². The van der Waals surface area contributed by atoms with Crippen LogP contribution in [-0.2, 0) is 4.74 Å². The number of ether oxygens (including phenoxy) is 1. The van der Waals surface area contributed by atoms with Crippen LogP contribution in [0.15, 0.2) is 22.7 Å². The zero-order valence-corrected chi connectivity index (χ0v) is 9.97. The van der Waals surface area contributed by atoms with Crippen molar-refractivity contribution in [3.63, 3.8) is 0 Å². The van der Waals surface area contributed by atoms with Crippen molar-refractivity contribution in [3.8, 4) is 5.75 Å². The van der Waals surface area contributed by atoms with Crippen LogP contribution in [-0.4, -0.2) is 17.8 Å². The molecule has 1 heterocycles. The average Bonchev–Trinajstić information content (AvgIpc) is 2.56. The number of alkyl carbamates (subject to hydrolysis) is 1. The van der Waals surface area contributed by atoms with E-state index in [0.29, 0.717) is 5.56 Å². The van der Waals surface area contributed by atoms with Gasteiger partial charge in [0.1, 0.15) is 12.4 Å². The van der Waals surface area contributed by atoms with Gasteiger partial charge in [0.15, 0.2) is 0 Å². The maximum atomic E-state index is 10.8. The zero-order valence-electron chi connectivity index (χ0n) is 7.57. The second kappa shape index (κ2) is 4.72. The Morgan fingerprint density at radius 2 is 2.27 bits per heavy atom. The zero-order chi connectivity index (χ0) is 10.1. The second-order valence-corrected chi connectivity index (χ2v) is 3.91. The number of hydrogen-bond donors (Lipinski definition) is 2. The van der Waals surface area contributed by atoms with Gasteiger partial charge >= 0.3 is 6.09 Å². The number of aromatic hydroxyl groups is 1. The molecule has 0 aliphatic carbocycles. The molecule has 0 unspecified atom stereocenters. The first kappa shape index (κ1) is 12.1. The molecule has 1 aromatic rings. The lowest BCUT2D eigenvalue weighted by Gasteiger charge is -2.09. The van der Waals surface area contributed by atoms with E-state index in [2.05, 4.69) is 21.2 Å². The maximum Gasteiger partial charge on any atom is 0.407 e. The molecule has 4 nitrogen and oxygen atoms in total. The van der Waals surface area contributed by atoms with Crippen LogP contribution in [0.3, 0.4) is 0 Å². The van der Waals surface area contributed by atoms with Crippen LogP contribution in [0.4, 0.5) is 4.79 Å². The summed E-state index contributed by atoms with van der Waals surface area (Å²) in [5.74, 6) is 0.156. The highest BCUT2D eigenvalue weighted by Gasteiger charge is 2.25. The molecule has 6 heteroatoms. The van der Waals surface area contributed by atoms with E-state index in [1.165, 1.54) is 0 Å². The fourth-order valence-corrected chi connectivity index (χ4v) is 1.74. The summed E-state index contributed by atoms with van der Waals surface area (Å²) in [6.07, 6.45) is -0.450. The van der Waals surface area contributed by atoms with Crippen LogP contribution in [0.25, 0.3) is 0 Å². The van der Waals surface area contributed by atoms with E-state index in [1.807, 2.05) is 0 Å². The number of halogens is 2. The number of carbonyl (C=O) groups is 1. The number of hydrogen-bond acceptors (Lipinski definition) is 3. The van der Waals surface area contributed by atoms with E-state index in [4.69, 9.17) is 4.74 Å². The van der Waals surface area contributed by atoms with Crippen LogP contribution in [0.2, 0.25) is 0 Å². The molecular weight excluding hydrogens is 285 g/mol. The van der Waals surface area contributed by atoms with E-state index in [1.54, 1.807) is 18.2 Å². The Hall–Kier alpha value is -0.940. The van der Waals surface area contributed by atoms with Crippen molar-refractivity contribution in [3.05, 3.63) is 28.2 Å². The third-order valence-corrected chi connectivity index (χ3v) is 2.53. The third-order valence-electron chi connectivity index (χ3n) is 2.04. The molecule has 1 aliphatic heterocycles. The molecule has 0 saturated carbocycles. The van der Waals surface area contributed by atoms with Gasteiger partial charge in [-0.25, -0.2) is 4.79 Å². The van der Waals surface area contributed by atoms with Crippen molar-refractivity contribution in [1.29, 1.82) is 0 Å². The minimum absolute atomic E-state index is 0. The van der Waals surface area contributed by atoms with Gasteiger partial charge in [0.25, 0.3) is 0 Å². The molecule has 2 N–H and O–H groups in total. The minimum atomic E-state index is -0.450. The van der Waals surface area contributed by atoms with E-state index >= 15 is 0 Å². The molecule has 1 aliphatic rings. The number of phenols is 1. The summed E-state index contributed by atoms with van der Waals surface area (Å²) in [6, 6.07) is 4.80. The molecule has 1 atom stereocenters. The topological polar surface area (TPSA) is 58.6 Å². The Balaban J connectivity index is 0.00000112. The number of carbonyl (C=O) groups excluding carboxylic acids is 1. The Kier molecular flexibility index (Phi) is 3.82. The van der Waals surface area contributed by atoms with E-state index in [0.717, 1.165) is 4.47 Å². The quantitative estimate of drug-likeness (QED) is 0.836. The number of phenolic OH excluding ortho intramolecular Hbond substituents is 1. The van der Waals surface area contributed by atoms with Gasteiger partial charge in [-0.2, -0.15) is 0 Å². The Bertz CT molecular complexity index is 386. The van der Waals surface area contributed by atoms with Crippen molar-refractivity contribution >= 4 is 34.4 Å². The highest BCUT2D eigenvalue weighted by atomic mass is 79.9. The van der Waals surface area contributed by atoms with Gasteiger partial charge in [0.2, 0.25) is 0 Å². The Morgan fingerprint density at radius 1 is 1.53 bits per heavy atom. The third kappa shape index (κ3) is 2.54. The molecule has 2 rings (SSSR count). The van der Waals surface area contributed by atoms with Gasteiger partial charge in [0, 0.05) is 10.0 Å². The number of cyclic esters (lactones) is 1. The minimum Gasteiger partial charge on any atom is -0.508 e. The fourth-order valence-electron chi connectivity index (χ4n) is 1.36. The van der Waals surface area contributed by atoms with Crippen LogP contribution in [0.5, 0.6) is 5.75 Å². The summed E-state index contributed by atoms with van der Waals surface area (Å²) in [6.45, 7) is 0.253. The average molecular weight is 295 g/mol. The smallest absolute Gasteiger partial charge is 0.407 e. The summed E-state index contributed by atoms with van der Waals surface area (Å²) in [7, 11) is 0. The lowest BCUT2D eigenvalue weighted by molar-refractivity contribution is 0.177. The van der Waals surface area contributed by atoms with Gasteiger partial charge in [-0.1, -0.05) is 15.9 Å². The monoisotopic (exact) mass is 293 g/mol. The summed E-state index contributed by atoms with van der Waals surface area (Å²) in [4.78, 5) is 10.8. The normalized spacial score (nSPS) is 19.0. The van der Waals surface area contributed by atoms with Gasteiger partial charge in [-0.3, -0.25) is 0 Å². The largest absolute Gasteiger partial charge is 0.508 e. The molecule has 15 heavy (non-hydrogen) atoms. The van der Waals surface area contributed by atoms with Crippen LogP contribution < -0.4 is 5.32 Å². The van der Waals surface area contributed by atoms with Crippen molar-refractivity contribution in [2.75, 3.05) is 6.61 Å². The molecule has 0 spiro atoms. The van der Waals surface area contributed by atoms with E-state index in [-0.39, 0.29) is 30.8 Å². The molecule has 1 aromatic carbocycles. The standard InChI is InChI=1S/C9H8BrNO3.ClH/c10-5-1-2-8(12)6(3-5)7-4-14-9(13)11-7;/h1-3,7,12H,4H2,(H,11,13);1H/t7-;/m0./s1. The molecule has 1 saturated heterocycles. The number of benzene rings is 1. The van der Waals surface area contributed by atoms with Crippen molar-refractivity contribution in [2.24, 2.45) is 0 Å². The number of nitrogens with one attached hydrogen (secondary N) is 1. The molecule has 1 amide bonds. The first-order valence-electron chi connectivity index (χ1n) is 4.08. The molecule has 1 fully saturated rings. The first-order chi connectivity index (χ1) is 6.66. The molecule has 0 radical (unpaired) electrons. The van der Waals surface area contributed by atoms with Crippen molar-refractivity contribution in [2.45, 2.75) is 6.04 Å². The molecule has 82 valence electrons. The lowest BCUT2D eigenvalue weighted by Crippen LogP contribution is -2.18. The number of amides is 1.